The minimum Gasteiger partial charge on any atom is -0.508 e. The molecule has 0 atom stereocenters. The Morgan fingerprint density at radius 2 is 0.508 bits per heavy atom. The maximum atomic E-state index is 13.5. The van der Waals surface area contributed by atoms with Crippen molar-refractivity contribution in [3.63, 3.8) is 0 Å². The van der Waals surface area contributed by atoms with Crippen LogP contribution in [0.25, 0.3) is 167 Å². The van der Waals surface area contributed by atoms with Gasteiger partial charge in [0.15, 0.2) is 0 Å². The first kappa shape index (κ1) is 83.0. The van der Waals surface area contributed by atoms with Crippen molar-refractivity contribution in [3.8, 4) is 96.3 Å². The van der Waals surface area contributed by atoms with Gasteiger partial charge in [0, 0.05) is 156 Å². The molecule has 27 heteroatoms. The van der Waals surface area contributed by atoms with E-state index in [1.54, 1.807) is 91.0 Å². The summed E-state index contributed by atoms with van der Waals surface area (Å²) in [6, 6.07) is 98.6. The molecule has 12 aromatic carbocycles. The van der Waals surface area contributed by atoms with Crippen molar-refractivity contribution >= 4 is 128 Å². The van der Waals surface area contributed by atoms with Crippen LogP contribution in [-0.4, -0.2) is 106 Å². The first-order valence-corrected chi connectivity index (χ1v) is 41.7. The summed E-state index contributed by atoms with van der Waals surface area (Å²) in [4.78, 5) is 51.0. The maximum absolute atomic E-state index is 13.5. The van der Waals surface area contributed by atoms with E-state index in [0.717, 1.165) is 161 Å². The van der Waals surface area contributed by atoms with Gasteiger partial charge >= 0.3 is 0 Å². The Kier molecular flexibility index (Phi) is 21.9. The first-order valence-electron chi connectivity index (χ1n) is 41.7. The molecule has 24 rings (SSSR count). The first-order chi connectivity index (χ1) is 64.1. The largest absolute Gasteiger partial charge is 0.508 e. The van der Waals surface area contributed by atoms with Crippen LogP contribution in [0.3, 0.4) is 0 Å². The molecule has 0 aliphatic carbocycles. The second-order valence-electron chi connectivity index (χ2n) is 31.5. The predicted molar refractivity (Wildman–Crippen MR) is 518 cm³/mol. The van der Waals surface area contributed by atoms with Crippen molar-refractivity contribution in [3.05, 3.63) is 396 Å². The van der Waals surface area contributed by atoms with Gasteiger partial charge in [-0.3, -0.25) is 20.2 Å². The lowest BCUT2D eigenvalue weighted by atomic mass is 10.1. The topological polar surface area (TPSA) is 347 Å². The van der Waals surface area contributed by atoms with Crippen LogP contribution in [0.1, 0.15) is 5.56 Å². The Balaban J connectivity index is 0.000000102. The molecule has 0 aliphatic heterocycles. The molecule has 132 heavy (non-hydrogen) atoms. The van der Waals surface area contributed by atoms with E-state index in [-0.39, 0.29) is 45.9 Å². The van der Waals surface area contributed by atoms with Crippen molar-refractivity contribution in [1.82, 2.24) is 56.3 Å². The molecule has 0 aliphatic rings. The van der Waals surface area contributed by atoms with E-state index >= 15 is 0 Å². The fraction of sp³-hybridized carbons (Fsp3) is 0.0286. The summed E-state index contributed by atoms with van der Waals surface area (Å²) in [5.74, 6) is 0.647. The van der Waals surface area contributed by atoms with Gasteiger partial charge in [-0.05, 0) is 243 Å². The third kappa shape index (κ3) is 16.5. The van der Waals surface area contributed by atoms with Gasteiger partial charge in [-0.15, -0.1) is 0 Å². The zero-order valence-corrected chi connectivity index (χ0v) is 70.8. The number of aromatic hydroxyl groups is 5. The third-order valence-corrected chi connectivity index (χ3v) is 22.7. The van der Waals surface area contributed by atoms with Crippen LogP contribution in [0.2, 0.25) is 0 Å². The molecular formula is C105H78FN17O9. The molecule has 0 fully saturated rings. The zero-order valence-electron chi connectivity index (χ0n) is 70.8. The number of non-ortho nitro benzene ring substituents is 2. The van der Waals surface area contributed by atoms with Crippen LogP contribution in [0.5, 0.6) is 28.7 Å². The van der Waals surface area contributed by atoms with Crippen molar-refractivity contribution in [1.29, 1.82) is 0 Å². The Labute approximate surface area is 749 Å². The minimum absolute atomic E-state index is 0.0204. The molecular weight excluding hydrogens is 1660 g/mol. The molecule has 0 saturated carbocycles. The van der Waals surface area contributed by atoms with Gasteiger partial charge in [-0.25, -0.2) is 34.3 Å². The number of hydrogen-bond donors (Lipinski definition) is 7. The number of rotatable bonds is 9. The lowest BCUT2D eigenvalue weighted by Gasteiger charge is -2.13. The van der Waals surface area contributed by atoms with Crippen LogP contribution in [-0.2, 0) is 0 Å². The van der Waals surface area contributed by atoms with Crippen molar-refractivity contribution in [2.45, 2.75) is 6.92 Å². The van der Waals surface area contributed by atoms with Gasteiger partial charge < -0.3 is 68.3 Å². The molecule has 24 aromatic rings. The molecule has 0 bridgehead atoms. The van der Waals surface area contributed by atoms with Crippen molar-refractivity contribution in [2.24, 2.45) is 0 Å². The van der Waals surface area contributed by atoms with E-state index in [9.17, 15) is 50.2 Å². The molecule has 12 heterocycles. The molecule has 644 valence electrons. The molecule has 12 aromatic heterocycles. The van der Waals surface area contributed by atoms with E-state index < -0.39 is 9.85 Å². The van der Waals surface area contributed by atoms with Crippen LogP contribution in [0.15, 0.2) is 365 Å². The normalized spacial score (nSPS) is 11.2. The summed E-state index contributed by atoms with van der Waals surface area (Å²) < 4.78 is 25.8. The summed E-state index contributed by atoms with van der Waals surface area (Å²) in [6.07, 6.45) is 11.9. The van der Waals surface area contributed by atoms with E-state index in [1.807, 2.05) is 198 Å². The number of halogens is 1. The third-order valence-electron chi connectivity index (χ3n) is 22.7. The van der Waals surface area contributed by atoms with Gasteiger partial charge in [-0.2, -0.15) is 0 Å². The van der Waals surface area contributed by atoms with Gasteiger partial charge in [0.1, 0.15) is 34.6 Å². The molecule has 9 N–H and O–H groups in total. The fourth-order valence-electron chi connectivity index (χ4n) is 16.3. The van der Waals surface area contributed by atoms with Crippen LogP contribution >= 0.6 is 0 Å². The molecule has 0 amide bonds. The highest BCUT2D eigenvalue weighted by molar-refractivity contribution is 5.95. The van der Waals surface area contributed by atoms with Gasteiger partial charge in [0.2, 0.25) is 0 Å². The highest BCUT2D eigenvalue weighted by atomic mass is 19.1. The maximum Gasteiger partial charge on any atom is 0.269 e. The monoisotopic (exact) mass is 1740 g/mol. The lowest BCUT2D eigenvalue weighted by molar-refractivity contribution is -0.385. The fourth-order valence-corrected chi connectivity index (χ4v) is 16.3. The molecule has 0 saturated heterocycles. The average Bonchev–Trinajstić information content (AvgIpc) is 1.55. The Morgan fingerprint density at radius 1 is 0.280 bits per heavy atom. The summed E-state index contributed by atoms with van der Waals surface area (Å²) in [6.45, 7) is 2.09. The molecule has 0 unspecified atom stereocenters. The number of fused-ring (bicyclic) bond motifs is 18. The van der Waals surface area contributed by atoms with Crippen molar-refractivity contribution < 1.29 is 39.8 Å². The summed E-state index contributed by atoms with van der Waals surface area (Å²) in [5, 5.41) is 69.8. The number of nitro groups is 2. The lowest BCUT2D eigenvalue weighted by Crippen LogP contribution is -2.08. The Hall–Kier alpha value is -18.5. The summed E-state index contributed by atoms with van der Waals surface area (Å²) >= 11 is 0. The molecule has 0 spiro atoms. The number of phenolic OH excluding ortho intramolecular Hbond substituents is 5. The van der Waals surface area contributed by atoms with Crippen LogP contribution in [0.4, 0.5) is 32.8 Å². The second kappa shape index (κ2) is 34.8. The number of nitrogen functional groups attached to an aromatic ring is 2. The number of benzene rings is 12. The van der Waals surface area contributed by atoms with E-state index in [1.165, 1.54) is 42.0 Å². The number of aromatic nitrogens is 12. The SMILES string of the molecule is CN(C)c1ccc(-c2nc3cc(O)ccc3n3cccc23)cc1.Cc1ccc2c(c1)nc(-c1ccc(N)cc1)c1cccn12.Nc1ccc(-c2nc3cc(O)ccc3n3cccc23)cc1.O=[N+]([O-])c1ccc(-c2nc3cc(F)ccc3n3cccc23)cc1.O=[N+]([O-])c1ccc(-c2nc3cc(O)ccc3n3cccc23)cc1.Oc1ccc(-c2nc3cc(O)ccc3n3cccc23)cc1. The number of aryl methyl sites for hydroxylation is 1. The number of hydrogen-bond acceptors (Lipinski definition) is 18. The highest BCUT2D eigenvalue weighted by Gasteiger charge is 2.20. The van der Waals surface area contributed by atoms with Crippen molar-refractivity contribution in [2.75, 3.05) is 30.5 Å². The van der Waals surface area contributed by atoms with Gasteiger partial charge in [-0.1, -0.05) is 42.5 Å². The quantitative estimate of drug-likeness (QED) is 0.0401. The number of nitro benzene ring substituents is 2. The van der Waals surface area contributed by atoms with E-state index in [4.69, 9.17) is 26.4 Å². The van der Waals surface area contributed by atoms with Gasteiger partial charge in [0.25, 0.3) is 11.4 Å². The minimum atomic E-state index is -0.445. The highest BCUT2D eigenvalue weighted by Crippen LogP contribution is 2.38. The number of phenols is 5. The van der Waals surface area contributed by atoms with E-state index in [2.05, 4.69) is 107 Å². The van der Waals surface area contributed by atoms with E-state index in [0.29, 0.717) is 22.4 Å². The number of nitrogens with two attached hydrogens (primary N) is 2. The number of anilines is 3. The Bertz CT molecular complexity index is 7990. The average molecular weight is 1740 g/mol. The predicted octanol–water partition coefficient (Wildman–Crippen LogP) is 22.9. The second-order valence-corrected chi connectivity index (χ2v) is 31.5. The smallest absolute Gasteiger partial charge is 0.269 e. The van der Waals surface area contributed by atoms with Crippen LogP contribution < -0.4 is 16.4 Å². The Morgan fingerprint density at radius 3 is 0.780 bits per heavy atom. The van der Waals surface area contributed by atoms with Crippen LogP contribution in [0, 0.1) is 33.0 Å². The standard InChI is InChI=1S/C19H17N3O.C18H15N3.C17H10FN3O2.C17H11N3O3.C17H13N3O.C17H12N2O2/c1-21(2)14-7-5-13(6-8-14)19-18-4-3-11-22(18)17-10-9-15(23)12-16(17)20-19;1-12-4-9-16-15(11-12)20-18(17-3-2-10-21(16)17)13-5-7-14(19)8-6-13;18-12-5-8-15-14(10-12)19-17(16-2-1-9-20(15)16)11-3-6-13(7-4-11)21(22)23;21-13-7-8-15-14(10-13)18-17(16-2-1-9-19(15)16)11-3-5-12(6-4-11)20(22)23;18-12-5-3-11(4-6-12)17-16-2-1-9-20(16)15-8-7-13(21)10-14(15)19-17;20-12-5-3-11(4-6-12)17-16-2-1-9-19(16)15-8-7-13(21)10-14(15)18-17/h3-12,23H,1-2H3;2-11H,19H2,1H3;1-10H;1-10,21H;1-10,21H,18H2;1-10,20-21H. The molecule has 0 radical (unpaired) electrons. The summed E-state index contributed by atoms with van der Waals surface area (Å²) in [5.41, 5.74) is 42.1. The summed E-state index contributed by atoms with van der Waals surface area (Å²) in [7, 11) is 4.05. The number of nitrogens with zero attached hydrogens (tertiary/aromatic N) is 15. The zero-order chi connectivity index (χ0) is 91.1. The van der Waals surface area contributed by atoms with Gasteiger partial charge in [0.05, 0.1) is 143 Å². The molecule has 26 nitrogen and oxygen atoms in total.